The lowest BCUT2D eigenvalue weighted by molar-refractivity contribution is 0.0757. The van der Waals surface area contributed by atoms with Gasteiger partial charge in [0, 0.05) is 13.1 Å². The molecule has 1 aliphatic heterocycles. The average molecular weight is 372 g/mol. The minimum absolute atomic E-state index is 0.000438. The molecule has 0 fully saturated rings. The number of thiazole rings is 1. The number of ether oxygens (including phenoxy) is 2. The molecule has 7 heteroatoms. The van der Waals surface area contributed by atoms with Crippen molar-refractivity contribution < 1.29 is 14.3 Å². The van der Waals surface area contributed by atoms with E-state index in [1.165, 1.54) is 11.3 Å². The molecular weight excluding hydrogens is 356 g/mol. The van der Waals surface area contributed by atoms with Gasteiger partial charge in [-0.15, -0.1) is 22.7 Å². The number of amides is 1. The van der Waals surface area contributed by atoms with E-state index in [1.807, 2.05) is 47.5 Å². The van der Waals surface area contributed by atoms with Crippen molar-refractivity contribution in [2.75, 3.05) is 13.3 Å². The van der Waals surface area contributed by atoms with Crippen LogP contribution in [0.2, 0.25) is 0 Å². The van der Waals surface area contributed by atoms with Crippen LogP contribution >= 0.6 is 22.7 Å². The Kier molecular flexibility index (Phi) is 4.42. The van der Waals surface area contributed by atoms with Crippen LogP contribution in [0, 0.1) is 0 Å². The maximum Gasteiger partial charge on any atom is 0.265 e. The van der Waals surface area contributed by atoms with E-state index in [9.17, 15) is 4.79 Å². The predicted octanol–water partition coefficient (Wildman–Crippen LogP) is 4.26. The van der Waals surface area contributed by atoms with Crippen LogP contribution in [-0.2, 0) is 6.54 Å². The molecule has 0 radical (unpaired) electrons. The van der Waals surface area contributed by atoms with Crippen molar-refractivity contribution in [1.29, 1.82) is 0 Å². The Labute approximate surface area is 153 Å². The summed E-state index contributed by atoms with van der Waals surface area (Å²) < 4.78 is 10.7. The van der Waals surface area contributed by atoms with Crippen LogP contribution in [0.25, 0.3) is 9.88 Å². The fourth-order valence-corrected chi connectivity index (χ4v) is 4.32. The van der Waals surface area contributed by atoms with Gasteiger partial charge in [-0.1, -0.05) is 12.1 Å². The van der Waals surface area contributed by atoms with Crippen LogP contribution in [0.15, 0.2) is 41.9 Å². The number of aromatic nitrogens is 1. The van der Waals surface area contributed by atoms with E-state index in [0.717, 1.165) is 26.9 Å². The average Bonchev–Trinajstić information content (AvgIpc) is 3.39. The molecule has 1 aliphatic rings. The number of carbonyl (C=O) groups excluding carboxylic acids is 1. The quantitative estimate of drug-likeness (QED) is 0.671. The number of rotatable bonds is 5. The largest absolute Gasteiger partial charge is 0.454 e. The number of thiophene rings is 1. The first kappa shape index (κ1) is 16.1. The Balaban J connectivity index is 1.51. The highest BCUT2D eigenvalue weighted by molar-refractivity contribution is 7.21. The second kappa shape index (κ2) is 6.85. The summed E-state index contributed by atoms with van der Waals surface area (Å²) >= 11 is 3.06. The van der Waals surface area contributed by atoms with Gasteiger partial charge in [0.1, 0.15) is 9.88 Å². The Morgan fingerprint density at radius 3 is 2.96 bits per heavy atom. The van der Waals surface area contributed by atoms with Crippen molar-refractivity contribution in [3.63, 3.8) is 0 Å². The molecule has 5 nitrogen and oxygen atoms in total. The number of nitrogens with zero attached hydrogens (tertiary/aromatic N) is 2. The van der Waals surface area contributed by atoms with E-state index in [1.54, 1.807) is 17.5 Å². The zero-order valence-electron chi connectivity index (χ0n) is 13.6. The highest BCUT2D eigenvalue weighted by atomic mass is 32.1. The standard InChI is InChI=1S/C18H16N2O3S2/c1-2-20(10-12-5-6-13-14(8-12)23-11-22-13)18(21)16-9-19-17(25-16)15-4-3-7-24-15/h3-9H,2,10-11H2,1H3. The van der Waals surface area contributed by atoms with Crippen molar-refractivity contribution in [3.8, 4) is 21.4 Å². The zero-order chi connectivity index (χ0) is 17.2. The summed E-state index contributed by atoms with van der Waals surface area (Å²) in [5.74, 6) is 1.49. The monoisotopic (exact) mass is 372 g/mol. The van der Waals surface area contributed by atoms with Gasteiger partial charge in [-0.05, 0) is 36.1 Å². The zero-order valence-corrected chi connectivity index (χ0v) is 15.2. The fraction of sp³-hybridized carbons (Fsp3) is 0.222. The molecular formula is C18H16N2O3S2. The third-order valence-electron chi connectivity index (χ3n) is 3.93. The summed E-state index contributed by atoms with van der Waals surface area (Å²) in [6.45, 7) is 3.38. The molecule has 0 N–H and O–H groups in total. The fourth-order valence-electron chi connectivity index (χ4n) is 2.63. The van der Waals surface area contributed by atoms with Crippen molar-refractivity contribution in [1.82, 2.24) is 9.88 Å². The lowest BCUT2D eigenvalue weighted by Gasteiger charge is -2.20. The summed E-state index contributed by atoms with van der Waals surface area (Å²) in [5, 5.41) is 2.90. The van der Waals surface area contributed by atoms with Crippen LogP contribution in [0.3, 0.4) is 0 Å². The summed E-state index contributed by atoms with van der Waals surface area (Å²) in [6.07, 6.45) is 1.67. The van der Waals surface area contributed by atoms with Gasteiger partial charge in [0.15, 0.2) is 11.5 Å². The molecule has 128 valence electrons. The summed E-state index contributed by atoms with van der Waals surface area (Å²) in [4.78, 5) is 20.8. The first-order chi connectivity index (χ1) is 12.2. The molecule has 1 aromatic carbocycles. The molecule has 0 saturated carbocycles. The van der Waals surface area contributed by atoms with Crippen LogP contribution in [0.5, 0.6) is 11.5 Å². The van der Waals surface area contributed by atoms with Crippen LogP contribution < -0.4 is 9.47 Å². The lowest BCUT2D eigenvalue weighted by Crippen LogP contribution is -2.29. The first-order valence-electron chi connectivity index (χ1n) is 7.92. The van der Waals surface area contributed by atoms with Crippen molar-refractivity contribution in [3.05, 3.63) is 52.3 Å². The summed E-state index contributed by atoms with van der Waals surface area (Å²) in [7, 11) is 0. The summed E-state index contributed by atoms with van der Waals surface area (Å²) in [6, 6.07) is 9.79. The Morgan fingerprint density at radius 1 is 1.28 bits per heavy atom. The van der Waals surface area contributed by atoms with E-state index in [-0.39, 0.29) is 12.7 Å². The van der Waals surface area contributed by atoms with Crippen LogP contribution in [0.4, 0.5) is 0 Å². The third kappa shape index (κ3) is 3.25. The van der Waals surface area contributed by atoms with E-state index in [4.69, 9.17) is 9.47 Å². The van der Waals surface area contributed by atoms with Gasteiger partial charge in [-0.3, -0.25) is 4.79 Å². The number of carbonyl (C=O) groups is 1. The second-order valence-electron chi connectivity index (χ2n) is 5.51. The van der Waals surface area contributed by atoms with Gasteiger partial charge in [-0.2, -0.15) is 0 Å². The summed E-state index contributed by atoms with van der Waals surface area (Å²) in [5.41, 5.74) is 1.02. The molecule has 3 heterocycles. The van der Waals surface area contributed by atoms with Gasteiger partial charge in [0.2, 0.25) is 6.79 Å². The van der Waals surface area contributed by atoms with E-state index in [2.05, 4.69) is 4.98 Å². The Hall–Kier alpha value is -2.38. The topological polar surface area (TPSA) is 51.7 Å². The predicted molar refractivity (Wildman–Crippen MR) is 98.4 cm³/mol. The number of hydrogen-bond donors (Lipinski definition) is 0. The minimum Gasteiger partial charge on any atom is -0.454 e. The molecule has 2 aromatic heterocycles. The SMILES string of the molecule is CCN(Cc1ccc2c(c1)OCO2)C(=O)c1cnc(-c2cccs2)s1. The van der Waals surface area contributed by atoms with Crippen LogP contribution in [-0.4, -0.2) is 29.1 Å². The van der Waals surface area contributed by atoms with E-state index >= 15 is 0 Å². The molecule has 3 aromatic rings. The Bertz CT molecular complexity index is 890. The van der Waals surface area contributed by atoms with Crippen molar-refractivity contribution in [2.24, 2.45) is 0 Å². The molecule has 0 aliphatic carbocycles. The van der Waals surface area contributed by atoms with Gasteiger partial charge < -0.3 is 14.4 Å². The molecule has 25 heavy (non-hydrogen) atoms. The molecule has 0 atom stereocenters. The van der Waals surface area contributed by atoms with Crippen molar-refractivity contribution in [2.45, 2.75) is 13.5 Å². The number of fused-ring (bicyclic) bond motifs is 1. The molecule has 4 rings (SSSR count). The maximum absolute atomic E-state index is 12.8. The maximum atomic E-state index is 12.8. The first-order valence-corrected chi connectivity index (χ1v) is 9.61. The highest BCUT2D eigenvalue weighted by Crippen LogP contribution is 2.33. The molecule has 1 amide bonds. The minimum atomic E-state index is 0.000438. The van der Waals surface area contributed by atoms with E-state index < -0.39 is 0 Å². The smallest absolute Gasteiger partial charge is 0.265 e. The molecule has 0 unspecified atom stereocenters. The molecule has 0 bridgehead atoms. The van der Waals surface area contributed by atoms with E-state index in [0.29, 0.717) is 18.0 Å². The van der Waals surface area contributed by atoms with Gasteiger partial charge >= 0.3 is 0 Å². The second-order valence-corrected chi connectivity index (χ2v) is 7.49. The third-order valence-corrected chi connectivity index (χ3v) is 5.95. The van der Waals surface area contributed by atoms with Gasteiger partial charge in [-0.25, -0.2) is 4.98 Å². The normalized spacial score (nSPS) is 12.4. The highest BCUT2D eigenvalue weighted by Gasteiger charge is 2.20. The van der Waals surface area contributed by atoms with Gasteiger partial charge in [0.25, 0.3) is 5.91 Å². The number of benzene rings is 1. The molecule has 0 spiro atoms. The number of hydrogen-bond acceptors (Lipinski definition) is 6. The molecule has 0 saturated heterocycles. The Morgan fingerprint density at radius 2 is 2.16 bits per heavy atom. The lowest BCUT2D eigenvalue weighted by atomic mass is 10.2. The van der Waals surface area contributed by atoms with Crippen molar-refractivity contribution >= 4 is 28.6 Å². The van der Waals surface area contributed by atoms with Gasteiger partial charge in [0.05, 0.1) is 11.1 Å². The van der Waals surface area contributed by atoms with Crippen LogP contribution in [0.1, 0.15) is 22.2 Å².